The van der Waals surface area contributed by atoms with Gasteiger partial charge >= 0.3 is 0 Å². The largest absolute Gasteiger partial charge is 0.308 e. The highest BCUT2D eigenvalue weighted by Gasteiger charge is 2.30. The number of nitrogens with zero attached hydrogens (tertiary/aromatic N) is 2. The van der Waals surface area contributed by atoms with E-state index in [4.69, 9.17) is 0 Å². The number of thioether (sulfide) groups is 1. The number of fused-ring (bicyclic) bond motifs is 2. The fraction of sp³-hybridized carbons (Fsp3) is 0.316. The first-order valence-corrected chi connectivity index (χ1v) is 10.3. The van der Waals surface area contributed by atoms with Gasteiger partial charge in [0.25, 0.3) is 5.56 Å². The molecule has 0 spiro atoms. The average molecular weight is 386 g/mol. The van der Waals surface area contributed by atoms with Gasteiger partial charge in [0.1, 0.15) is 4.83 Å². The zero-order valence-corrected chi connectivity index (χ0v) is 16.5. The Balaban J connectivity index is 1.55. The maximum atomic E-state index is 12.8. The van der Waals surface area contributed by atoms with Crippen LogP contribution in [0, 0.1) is 13.8 Å². The third-order valence-corrected chi connectivity index (χ3v) is 6.78. The monoisotopic (exact) mass is 385 g/mol. The Morgan fingerprint density at radius 2 is 2.15 bits per heavy atom. The number of benzene rings is 1. The second-order valence-electron chi connectivity index (χ2n) is 6.57. The molecule has 0 radical (unpaired) electrons. The number of thiophene rings is 1. The first-order chi connectivity index (χ1) is 12.5. The lowest BCUT2D eigenvalue weighted by molar-refractivity contribution is -0.116. The van der Waals surface area contributed by atoms with Gasteiger partial charge in [-0.25, -0.2) is 4.98 Å². The van der Waals surface area contributed by atoms with E-state index in [1.54, 1.807) is 0 Å². The molecule has 0 aliphatic carbocycles. The number of H-pyrrole nitrogens is 1. The smallest absolute Gasteiger partial charge is 0.260 e. The standard InChI is InChI=1S/C19H19N3O2S2/c1-10-8-13-6-4-5-7-14(13)22(10)15(23)9-25-19-20-17(24)16-11(2)12(3)26-18(16)21-19/h4-7,10H,8-9H2,1-3H3,(H,20,21,24)/t10-/m1/s1. The van der Waals surface area contributed by atoms with E-state index in [2.05, 4.69) is 23.0 Å². The van der Waals surface area contributed by atoms with Crippen LogP contribution in [0.15, 0.2) is 34.2 Å². The number of aryl methyl sites for hydroxylation is 2. The second-order valence-corrected chi connectivity index (χ2v) is 8.74. The van der Waals surface area contributed by atoms with Gasteiger partial charge in [-0.05, 0) is 44.4 Å². The van der Waals surface area contributed by atoms with Crippen LogP contribution in [0.2, 0.25) is 0 Å². The normalized spacial score (nSPS) is 16.3. The van der Waals surface area contributed by atoms with Crippen LogP contribution >= 0.6 is 23.1 Å². The first kappa shape index (κ1) is 17.3. The molecule has 2 aromatic heterocycles. The summed E-state index contributed by atoms with van der Waals surface area (Å²) in [5.41, 5.74) is 3.04. The van der Waals surface area contributed by atoms with Gasteiger partial charge in [0, 0.05) is 16.6 Å². The summed E-state index contributed by atoms with van der Waals surface area (Å²) >= 11 is 2.80. The van der Waals surface area contributed by atoms with Gasteiger partial charge in [-0.1, -0.05) is 30.0 Å². The van der Waals surface area contributed by atoms with Crippen molar-refractivity contribution in [3.05, 3.63) is 50.6 Å². The van der Waals surface area contributed by atoms with E-state index in [0.717, 1.165) is 27.4 Å². The maximum absolute atomic E-state index is 12.8. The van der Waals surface area contributed by atoms with Gasteiger partial charge in [-0.3, -0.25) is 9.59 Å². The molecule has 3 aromatic rings. The highest BCUT2D eigenvalue weighted by Crippen LogP contribution is 2.33. The highest BCUT2D eigenvalue weighted by molar-refractivity contribution is 7.99. The summed E-state index contributed by atoms with van der Waals surface area (Å²) in [6, 6.07) is 8.17. The molecule has 1 aromatic carbocycles. The number of amides is 1. The van der Waals surface area contributed by atoms with Crippen molar-refractivity contribution >= 4 is 44.9 Å². The Kier molecular flexibility index (Phi) is 4.36. The van der Waals surface area contributed by atoms with Gasteiger partial charge in [0.2, 0.25) is 5.91 Å². The Labute approximate surface area is 159 Å². The number of nitrogens with one attached hydrogen (secondary N) is 1. The topological polar surface area (TPSA) is 66.1 Å². The van der Waals surface area contributed by atoms with Gasteiger partial charge in [0.05, 0.1) is 11.1 Å². The number of hydrogen-bond acceptors (Lipinski definition) is 5. The Bertz CT molecular complexity index is 1070. The summed E-state index contributed by atoms with van der Waals surface area (Å²) in [4.78, 5) is 36.2. The molecular weight excluding hydrogens is 366 g/mol. The molecule has 1 atom stereocenters. The molecule has 5 nitrogen and oxygen atoms in total. The number of anilines is 1. The summed E-state index contributed by atoms with van der Waals surface area (Å²) in [7, 11) is 0. The van der Waals surface area contributed by atoms with Gasteiger partial charge in [-0.2, -0.15) is 0 Å². The van der Waals surface area contributed by atoms with Crippen LogP contribution in [0.25, 0.3) is 10.2 Å². The minimum Gasteiger partial charge on any atom is -0.308 e. The summed E-state index contributed by atoms with van der Waals surface area (Å²) in [6.07, 6.45) is 0.876. The van der Waals surface area contributed by atoms with Crippen LogP contribution in [-0.2, 0) is 11.2 Å². The summed E-state index contributed by atoms with van der Waals surface area (Å²) in [5, 5.41) is 1.16. The van der Waals surface area contributed by atoms with Crippen LogP contribution in [0.3, 0.4) is 0 Å². The van der Waals surface area contributed by atoms with Crippen molar-refractivity contribution < 1.29 is 4.79 Å². The van der Waals surface area contributed by atoms with Gasteiger partial charge < -0.3 is 9.88 Å². The van der Waals surface area contributed by atoms with Crippen LogP contribution < -0.4 is 10.5 Å². The molecule has 4 rings (SSSR count). The molecular formula is C19H19N3O2S2. The van der Waals surface area contributed by atoms with Gasteiger partial charge in [0.15, 0.2) is 5.16 Å². The molecule has 0 unspecified atom stereocenters. The van der Waals surface area contributed by atoms with E-state index < -0.39 is 0 Å². The third-order valence-electron chi connectivity index (χ3n) is 4.83. The van der Waals surface area contributed by atoms with Crippen LogP contribution in [0.5, 0.6) is 0 Å². The van der Waals surface area contributed by atoms with Gasteiger partial charge in [-0.15, -0.1) is 11.3 Å². The molecule has 0 saturated heterocycles. The lowest BCUT2D eigenvalue weighted by Crippen LogP contribution is -2.37. The number of para-hydroxylation sites is 1. The van der Waals surface area contributed by atoms with Crippen molar-refractivity contribution in [3.63, 3.8) is 0 Å². The predicted octanol–water partition coefficient (Wildman–Crippen LogP) is 3.67. The third kappa shape index (κ3) is 2.85. The lowest BCUT2D eigenvalue weighted by Gasteiger charge is -2.22. The zero-order chi connectivity index (χ0) is 18.4. The van der Waals surface area contributed by atoms with Crippen molar-refractivity contribution in [2.45, 2.75) is 38.4 Å². The molecule has 0 bridgehead atoms. The molecule has 0 fully saturated rings. The SMILES string of the molecule is Cc1sc2nc(SCC(=O)N3c4ccccc4C[C@H]3C)[nH]c(=O)c2c1C. The van der Waals surface area contributed by atoms with Crippen LogP contribution in [0.1, 0.15) is 22.9 Å². The summed E-state index contributed by atoms with van der Waals surface area (Å²) in [6.45, 7) is 5.99. The van der Waals surface area contributed by atoms with E-state index in [1.807, 2.05) is 36.9 Å². The molecule has 1 N–H and O–H groups in total. The van der Waals surface area contributed by atoms with E-state index in [9.17, 15) is 9.59 Å². The average Bonchev–Trinajstić information content (AvgIpc) is 3.09. The van der Waals surface area contributed by atoms with E-state index in [1.165, 1.54) is 28.7 Å². The van der Waals surface area contributed by atoms with E-state index in [0.29, 0.717) is 10.5 Å². The zero-order valence-electron chi connectivity index (χ0n) is 14.8. The maximum Gasteiger partial charge on any atom is 0.260 e. The molecule has 26 heavy (non-hydrogen) atoms. The second kappa shape index (κ2) is 6.55. The predicted molar refractivity (Wildman–Crippen MR) is 108 cm³/mol. The van der Waals surface area contributed by atoms with Crippen LogP contribution in [-0.4, -0.2) is 27.7 Å². The fourth-order valence-corrected chi connectivity index (χ4v) is 5.26. The number of rotatable bonds is 3. The van der Waals surface area contributed by atoms with Crippen molar-refractivity contribution in [1.29, 1.82) is 0 Å². The fourth-order valence-electron chi connectivity index (χ4n) is 3.45. The molecule has 0 saturated carbocycles. The Hall–Kier alpha value is -2.12. The van der Waals surface area contributed by atoms with E-state index >= 15 is 0 Å². The number of carbonyl (C=O) groups is 1. The van der Waals surface area contributed by atoms with Crippen molar-refractivity contribution in [2.24, 2.45) is 0 Å². The lowest BCUT2D eigenvalue weighted by atomic mass is 10.1. The molecule has 1 aliphatic rings. The minimum absolute atomic E-state index is 0.0359. The quantitative estimate of drug-likeness (QED) is 0.552. The number of aromatic amines is 1. The number of hydrogen-bond donors (Lipinski definition) is 1. The summed E-state index contributed by atoms with van der Waals surface area (Å²) in [5.74, 6) is 0.282. The van der Waals surface area contributed by atoms with Crippen molar-refractivity contribution in [1.82, 2.24) is 9.97 Å². The Morgan fingerprint density at radius 1 is 1.38 bits per heavy atom. The number of aromatic nitrogens is 2. The highest BCUT2D eigenvalue weighted by atomic mass is 32.2. The Morgan fingerprint density at radius 3 is 2.96 bits per heavy atom. The van der Waals surface area contributed by atoms with E-state index in [-0.39, 0.29) is 23.3 Å². The van der Waals surface area contributed by atoms with Crippen molar-refractivity contribution in [3.8, 4) is 0 Å². The molecule has 1 amide bonds. The molecule has 3 heterocycles. The van der Waals surface area contributed by atoms with Crippen LogP contribution in [0.4, 0.5) is 5.69 Å². The van der Waals surface area contributed by atoms with Crippen molar-refractivity contribution in [2.75, 3.05) is 10.7 Å². The number of carbonyl (C=O) groups excluding carboxylic acids is 1. The molecule has 134 valence electrons. The first-order valence-electron chi connectivity index (χ1n) is 8.48. The molecule has 7 heteroatoms. The molecule has 1 aliphatic heterocycles. The summed E-state index contributed by atoms with van der Waals surface area (Å²) < 4.78 is 0. The minimum atomic E-state index is -0.133.